The van der Waals surface area contributed by atoms with Gasteiger partial charge < -0.3 is 10.5 Å². The first-order chi connectivity index (χ1) is 5.86. The Morgan fingerprint density at radius 3 is 3.25 bits per heavy atom. The van der Waals surface area contributed by atoms with Gasteiger partial charge in [-0.15, -0.1) is 0 Å². The number of anilines is 1. The number of rotatable bonds is 2. The lowest BCUT2D eigenvalue weighted by Gasteiger charge is -2.08. The van der Waals surface area contributed by atoms with E-state index in [9.17, 15) is 0 Å². The lowest BCUT2D eigenvalue weighted by atomic mass is 10.1. The molecule has 0 bridgehead atoms. The molecule has 12 heavy (non-hydrogen) atoms. The molecule has 0 saturated carbocycles. The van der Waals surface area contributed by atoms with E-state index in [2.05, 4.69) is 5.10 Å². The molecule has 1 aliphatic heterocycles. The van der Waals surface area contributed by atoms with E-state index in [0.717, 1.165) is 32.0 Å². The Morgan fingerprint density at radius 1 is 1.75 bits per heavy atom. The summed E-state index contributed by atoms with van der Waals surface area (Å²) < 4.78 is 7.10. The van der Waals surface area contributed by atoms with Gasteiger partial charge in [0, 0.05) is 19.1 Å². The van der Waals surface area contributed by atoms with Crippen LogP contribution in [0.1, 0.15) is 6.42 Å². The highest BCUT2D eigenvalue weighted by Crippen LogP contribution is 2.15. The molecule has 0 unspecified atom stereocenters. The molecular formula is C8H13N3O. The quantitative estimate of drug-likeness (QED) is 0.698. The summed E-state index contributed by atoms with van der Waals surface area (Å²) >= 11 is 0. The first-order valence-corrected chi connectivity index (χ1v) is 4.21. The zero-order chi connectivity index (χ0) is 8.39. The van der Waals surface area contributed by atoms with E-state index in [1.54, 1.807) is 6.20 Å². The SMILES string of the molecule is Nc1ccnn1C[C@H]1CCOC1. The minimum Gasteiger partial charge on any atom is -0.384 e. The zero-order valence-electron chi connectivity index (χ0n) is 6.94. The van der Waals surface area contributed by atoms with Gasteiger partial charge >= 0.3 is 0 Å². The average molecular weight is 167 g/mol. The second-order valence-corrected chi connectivity index (χ2v) is 3.17. The smallest absolute Gasteiger partial charge is 0.121 e. The second kappa shape index (κ2) is 3.15. The summed E-state index contributed by atoms with van der Waals surface area (Å²) in [6.07, 6.45) is 2.85. The molecule has 4 nitrogen and oxygen atoms in total. The van der Waals surface area contributed by atoms with E-state index >= 15 is 0 Å². The summed E-state index contributed by atoms with van der Waals surface area (Å²) in [5.41, 5.74) is 5.68. The lowest BCUT2D eigenvalue weighted by molar-refractivity contribution is 0.181. The minimum atomic E-state index is 0.590. The first kappa shape index (κ1) is 7.61. The fraction of sp³-hybridized carbons (Fsp3) is 0.625. The van der Waals surface area contributed by atoms with E-state index < -0.39 is 0 Å². The van der Waals surface area contributed by atoms with Gasteiger partial charge in [-0.3, -0.25) is 0 Å². The number of nitrogen functional groups attached to an aromatic ring is 1. The number of hydrogen-bond acceptors (Lipinski definition) is 3. The maximum Gasteiger partial charge on any atom is 0.121 e. The Morgan fingerprint density at radius 2 is 2.67 bits per heavy atom. The largest absolute Gasteiger partial charge is 0.384 e. The van der Waals surface area contributed by atoms with Crippen LogP contribution in [0.25, 0.3) is 0 Å². The summed E-state index contributed by atoms with van der Waals surface area (Å²) in [4.78, 5) is 0. The second-order valence-electron chi connectivity index (χ2n) is 3.17. The fourth-order valence-corrected chi connectivity index (χ4v) is 1.47. The van der Waals surface area contributed by atoms with Crippen LogP contribution in [0.4, 0.5) is 5.82 Å². The summed E-state index contributed by atoms with van der Waals surface area (Å²) in [5.74, 6) is 1.33. The van der Waals surface area contributed by atoms with Crippen molar-refractivity contribution in [3.8, 4) is 0 Å². The predicted molar refractivity (Wildman–Crippen MR) is 45.6 cm³/mol. The van der Waals surface area contributed by atoms with Crippen LogP contribution in [0.5, 0.6) is 0 Å². The highest BCUT2D eigenvalue weighted by atomic mass is 16.5. The summed E-state index contributed by atoms with van der Waals surface area (Å²) in [5, 5.41) is 4.12. The molecule has 1 aliphatic rings. The molecule has 4 heteroatoms. The van der Waals surface area contributed by atoms with Crippen molar-refractivity contribution in [2.24, 2.45) is 5.92 Å². The van der Waals surface area contributed by atoms with Crippen LogP contribution < -0.4 is 5.73 Å². The maximum atomic E-state index is 5.68. The van der Waals surface area contributed by atoms with Crippen molar-refractivity contribution >= 4 is 5.82 Å². The third kappa shape index (κ3) is 1.43. The number of hydrogen-bond donors (Lipinski definition) is 1. The average Bonchev–Trinajstić information content (AvgIpc) is 2.65. The highest BCUT2D eigenvalue weighted by molar-refractivity contribution is 5.25. The standard InChI is InChI=1S/C8H13N3O/c9-8-1-3-10-11(8)5-7-2-4-12-6-7/h1,3,7H,2,4-6,9H2/t7-/m1/s1. The molecule has 2 rings (SSSR count). The van der Waals surface area contributed by atoms with Gasteiger partial charge in [0.1, 0.15) is 5.82 Å². The molecule has 0 spiro atoms. The van der Waals surface area contributed by atoms with Crippen molar-refractivity contribution in [3.05, 3.63) is 12.3 Å². The Hall–Kier alpha value is -1.03. The van der Waals surface area contributed by atoms with Crippen LogP contribution in [0, 0.1) is 5.92 Å². The van der Waals surface area contributed by atoms with Crippen molar-refractivity contribution in [1.82, 2.24) is 9.78 Å². The van der Waals surface area contributed by atoms with Gasteiger partial charge in [0.05, 0.1) is 12.8 Å². The molecular weight excluding hydrogens is 154 g/mol. The normalized spacial score (nSPS) is 23.2. The summed E-state index contributed by atoms with van der Waals surface area (Å²) in [7, 11) is 0. The van der Waals surface area contributed by atoms with E-state index in [0.29, 0.717) is 5.92 Å². The van der Waals surface area contributed by atoms with Crippen molar-refractivity contribution in [1.29, 1.82) is 0 Å². The van der Waals surface area contributed by atoms with Crippen LogP contribution in [0.15, 0.2) is 12.3 Å². The van der Waals surface area contributed by atoms with Crippen molar-refractivity contribution in [2.45, 2.75) is 13.0 Å². The van der Waals surface area contributed by atoms with Crippen LogP contribution in [0.2, 0.25) is 0 Å². The number of ether oxygens (including phenoxy) is 1. The third-order valence-electron chi connectivity index (χ3n) is 2.20. The van der Waals surface area contributed by atoms with Crippen LogP contribution >= 0.6 is 0 Å². The van der Waals surface area contributed by atoms with E-state index in [-0.39, 0.29) is 0 Å². The molecule has 2 heterocycles. The molecule has 1 aromatic heterocycles. The highest BCUT2D eigenvalue weighted by Gasteiger charge is 2.16. The first-order valence-electron chi connectivity index (χ1n) is 4.21. The Bertz CT molecular complexity index is 253. The Balaban J connectivity index is 1.98. The van der Waals surface area contributed by atoms with Crippen LogP contribution in [-0.2, 0) is 11.3 Å². The van der Waals surface area contributed by atoms with Gasteiger partial charge in [-0.25, -0.2) is 4.68 Å². The van der Waals surface area contributed by atoms with Gasteiger partial charge in [0.25, 0.3) is 0 Å². The third-order valence-corrected chi connectivity index (χ3v) is 2.20. The van der Waals surface area contributed by atoms with Crippen LogP contribution in [0.3, 0.4) is 0 Å². The number of nitrogens with two attached hydrogens (primary N) is 1. The van der Waals surface area contributed by atoms with E-state index in [1.165, 1.54) is 0 Å². The molecule has 1 saturated heterocycles. The Labute approximate surface area is 71.3 Å². The topological polar surface area (TPSA) is 53.1 Å². The minimum absolute atomic E-state index is 0.590. The maximum absolute atomic E-state index is 5.68. The fourth-order valence-electron chi connectivity index (χ4n) is 1.47. The molecule has 1 aromatic rings. The van der Waals surface area contributed by atoms with Crippen molar-refractivity contribution in [2.75, 3.05) is 18.9 Å². The van der Waals surface area contributed by atoms with Crippen molar-refractivity contribution in [3.63, 3.8) is 0 Å². The summed E-state index contributed by atoms with van der Waals surface area (Å²) in [6.45, 7) is 2.62. The van der Waals surface area contributed by atoms with Gasteiger partial charge in [-0.2, -0.15) is 5.10 Å². The van der Waals surface area contributed by atoms with Crippen molar-refractivity contribution < 1.29 is 4.74 Å². The molecule has 0 radical (unpaired) electrons. The van der Waals surface area contributed by atoms with Gasteiger partial charge in [0.15, 0.2) is 0 Å². The van der Waals surface area contributed by atoms with E-state index in [1.807, 2.05) is 10.7 Å². The van der Waals surface area contributed by atoms with E-state index in [4.69, 9.17) is 10.5 Å². The van der Waals surface area contributed by atoms with Gasteiger partial charge in [-0.05, 0) is 12.5 Å². The lowest BCUT2D eigenvalue weighted by Crippen LogP contribution is -2.13. The monoisotopic (exact) mass is 167 g/mol. The zero-order valence-corrected chi connectivity index (χ0v) is 6.94. The Kier molecular flexibility index (Phi) is 1.99. The van der Waals surface area contributed by atoms with Gasteiger partial charge in [-0.1, -0.05) is 0 Å². The molecule has 0 aliphatic carbocycles. The molecule has 0 amide bonds. The summed E-state index contributed by atoms with van der Waals surface area (Å²) in [6, 6.07) is 1.82. The van der Waals surface area contributed by atoms with Crippen LogP contribution in [-0.4, -0.2) is 23.0 Å². The molecule has 1 fully saturated rings. The predicted octanol–water partition coefficient (Wildman–Crippen LogP) is 0.502. The molecule has 1 atom stereocenters. The molecule has 66 valence electrons. The molecule has 2 N–H and O–H groups in total. The van der Waals surface area contributed by atoms with Gasteiger partial charge in [0.2, 0.25) is 0 Å². The molecule has 0 aromatic carbocycles. The number of aromatic nitrogens is 2. The number of nitrogens with zero attached hydrogens (tertiary/aromatic N) is 2.